The van der Waals surface area contributed by atoms with Gasteiger partial charge >= 0.3 is 0 Å². The van der Waals surface area contributed by atoms with E-state index in [-0.39, 0.29) is 0 Å². The van der Waals surface area contributed by atoms with Gasteiger partial charge in [-0.3, -0.25) is 9.55 Å². The number of benzene rings is 1. The molecule has 5 nitrogen and oxygen atoms in total. The fourth-order valence-corrected chi connectivity index (χ4v) is 4.94. The van der Waals surface area contributed by atoms with Gasteiger partial charge in [0.05, 0.1) is 5.69 Å². The molecule has 1 aliphatic rings. The van der Waals surface area contributed by atoms with Crippen LogP contribution in [0, 0.1) is 13.8 Å². The van der Waals surface area contributed by atoms with Gasteiger partial charge in [-0.2, -0.15) is 0 Å². The van der Waals surface area contributed by atoms with Crippen molar-refractivity contribution in [3.63, 3.8) is 0 Å². The van der Waals surface area contributed by atoms with Crippen molar-refractivity contribution in [2.24, 2.45) is 0 Å². The van der Waals surface area contributed by atoms with Crippen molar-refractivity contribution in [2.75, 3.05) is 19.3 Å². The van der Waals surface area contributed by atoms with Crippen LogP contribution in [0.5, 0.6) is 0 Å². The van der Waals surface area contributed by atoms with Crippen LogP contribution in [0.15, 0.2) is 47.9 Å². The summed E-state index contributed by atoms with van der Waals surface area (Å²) in [5.74, 6) is 1.92. The van der Waals surface area contributed by atoms with Crippen LogP contribution in [0.3, 0.4) is 0 Å². The maximum atomic E-state index is 4.56. The van der Waals surface area contributed by atoms with Crippen LogP contribution < -0.4 is 0 Å². The first-order valence-electron chi connectivity index (χ1n) is 10.4. The monoisotopic (exact) mass is 407 g/mol. The Balaban J connectivity index is 1.61. The van der Waals surface area contributed by atoms with Gasteiger partial charge in [0.15, 0.2) is 11.0 Å². The Bertz CT molecular complexity index is 953. The van der Waals surface area contributed by atoms with Gasteiger partial charge in [0.25, 0.3) is 0 Å². The largest absolute Gasteiger partial charge is 0.303 e. The number of thioether (sulfide) groups is 1. The highest BCUT2D eigenvalue weighted by Gasteiger charge is 2.20. The second kappa shape index (κ2) is 9.09. The zero-order valence-corrected chi connectivity index (χ0v) is 18.3. The van der Waals surface area contributed by atoms with E-state index >= 15 is 0 Å². The van der Waals surface area contributed by atoms with Gasteiger partial charge in [-0.05, 0) is 82.1 Å². The highest BCUT2D eigenvalue weighted by atomic mass is 32.2. The van der Waals surface area contributed by atoms with Crippen molar-refractivity contribution in [3.8, 4) is 17.1 Å². The molecule has 0 radical (unpaired) electrons. The van der Waals surface area contributed by atoms with Crippen LogP contribution in [0.25, 0.3) is 17.1 Å². The zero-order valence-electron chi connectivity index (χ0n) is 17.5. The average molecular weight is 408 g/mol. The van der Waals surface area contributed by atoms with E-state index in [1.54, 1.807) is 12.4 Å². The third kappa shape index (κ3) is 4.54. The number of pyridine rings is 1. The van der Waals surface area contributed by atoms with Crippen molar-refractivity contribution in [1.29, 1.82) is 0 Å². The quantitative estimate of drug-likeness (QED) is 0.543. The Morgan fingerprint density at radius 3 is 2.62 bits per heavy atom. The van der Waals surface area contributed by atoms with Crippen molar-refractivity contribution in [1.82, 2.24) is 24.6 Å². The van der Waals surface area contributed by atoms with E-state index in [0.717, 1.165) is 28.0 Å². The third-order valence-corrected chi connectivity index (χ3v) is 6.89. The molecule has 1 aromatic carbocycles. The minimum Gasteiger partial charge on any atom is -0.303 e. The fraction of sp³-hybridized carbons (Fsp3) is 0.435. The van der Waals surface area contributed by atoms with Crippen LogP contribution in [-0.2, 0) is 0 Å². The number of piperidine rings is 1. The highest BCUT2D eigenvalue weighted by Crippen LogP contribution is 2.30. The molecule has 1 unspecified atom stereocenters. The summed E-state index contributed by atoms with van der Waals surface area (Å²) in [5, 5.41) is 10.1. The van der Waals surface area contributed by atoms with Crippen LogP contribution in [0.1, 0.15) is 36.8 Å². The number of likely N-dealkylation sites (tertiary alicyclic amines) is 1. The molecule has 152 valence electrons. The van der Waals surface area contributed by atoms with Gasteiger partial charge < -0.3 is 4.90 Å². The molecule has 0 spiro atoms. The van der Waals surface area contributed by atoms with Gasteiger partial charge in [-0.25, -0.2) is 0 Å². The fourth-order valence-electron chi connectivity index (χ4n) is 3.94. The lowest BCUT2D eigenvalue weighted by Crippen LogP contribution is -2.36. The van der Waals surface area contributed by atoms with Gasteiger partial charge in [0.2, 0.25) is 0 Å². The first-order chi connectivity index (χ1) is 14.1. The molecule has 1 saturated heterocycles. The minimum atomic E-state index is 0.689. The molecule has 1 atom stereocenters. The molecule has 0 bridgehead atoms. The molecule has 1 fully saturated rings. The Kier molecular flexibility index (Phi) is 6.31. The van der Waals surface area contributed by atoms with Crippen molar-refractivity contribution >= 4 is 11.8 Å². The lowest BCUT2D eigenvalue weighted by Gasteiger charge is -2.32. The van der Waals surface area contributed by atoms with Gasteiger partial charge in [-0.1, -0.05) is 24.2 Å². The van der Waals surface area contributed by atoms with E-state index in [0.29, 0.717) is 6.04 Å². The van der Waals surface area contributed by atoms with Crippen molar-refractivity contribution < 1.29 is 0 Å². The molecule has 3 aromatic rings. The summed E-state index contributed by atoms with van der Waals surface area (Å²) >= 11 is 1.81. The number of aromatic nitrogens is 4. The molecule has 0 aliphatic carbocycles. The maximum Gasteiger partial charge on any atom is 0.196 e. The van der Waals surface area contributed by atoms with Crippen LogP contribution in [-0.4, -0.2) is 50.0 Å². The number of nitrogens with zero attached hydrogens (tertiary/aromatic N) is 5. The van der Waals surface area contributed by atoms with Crippen LogP contribution in [0.4, 0.5) is 0 Å². The summed E-state index contributed by atoms with van der Waals surface area (Å²) in [5.41, 5.74) is 4.71. The van der Waals surface area contributed by atoms with E-state index in [1.807, 2.05) is 23.9 Å². The Labute approximate surface area is 177 Å². The first-order valence-corrected chi connectivity index (χ1v) is 11.4. The average Bonchev–Trinajstić information content (AvgIpc) is 3.16. The van der Waals surface area contributed by atoms with Crippen LogP contribution in [0.2, 0.25) is 0 Å². The standard InChI is InChI=1S/C23H29N5S/c1-17-7-8-21(16-18(17)2)28-22(19-9-12-24-13-10-19)25-26-23(28)29-15-11-20-6-4-5-14-27(20)3/h7-10,12-13,16,20H,4-6,11,14-15H2,1-3H3. The molecule has 0 amide bonds. The SMILES string of the molecule is Cc1ccc(-n2c(SCCC3CCCCN3C)nnc2-c2ccncc2)cc1C. The lowest BCUT2D eigenvalue weighted by atomic mass is 10.0. The number of rotatable bonds is 6. The number of hydrogen-bond donors (Lipinski definition) is 0. The molecular formula is C23H29N5S. The van der Waals surface area contributed by atoms with Gasteiger partial charge in [0, 0.05) is 29.8 Å². The molecule has 29 heavy (non-hydrogen) atoms. The summed E-state index contributed by atoms with van der Waals surface area (Å²) in [4.78, 5) is 6.66. The second-order valence-corrected chi connectivity index (χ2v) is 8.98. The summed E-state index contributed by atoms with van der Waals surface area (Å²) in [7, 11) is 2.26. The smallest absolute Gasteiger partial charge is 0.196 e. The lowest BCUT2D eigenvalue weighted by molar-refractivity contribution is 0.182. The normalized spacial score (nSPS) is 17.6. The Hall–Kier alpha value is -2.18. The molecule has 2 aromatic heterocycles. The minimum absolute atomic E-state index is 0.689. The van der Waals surface area contributed by atoms with E-state index in [4.69, 9.17) is 0 Å². The van der Waals surface area contributed by atoms with Crippen molar-refractivity contribution in [3.05, 3.63) is 53.9 Å². The number of hydrogen-bond acceptors (Lipinski definition) is 5. The molecule has 1 aliphatic heterocycles. The van der Waals surface area contributed by atoms with E-state index in [2.05, 4.69) is 63.7 Å². The number of aryl methyl sites for hydroxylation is 2. The molecule has 4 rings (SSSR count). The van der Waals surface area contributed by atoms with E-state index in [1.165, 1.54) is 43.4 Å². The summed E-state index contributed by atoms with van der Waals surface area (Å²) in [6.07, 6.45) is 8.79. The molecule has 6 heteroatoms. The predicted octanol–water partition coefficient (Wildman–Crippen LogP) is 4.91. The predicted molar refractivity (Wildman–Crippen MR) is 120 cm³/mol. The third-order valence-electron chi connectivity index (χ3n) is 5.92. The Morgan fingerprint density at radius 1 is 1.03 bits per heavy atom. The topological polar surface area (TPSA) is 46.8 Å². The first kappa shape index (κ1) is 20.1. The van der Waals surface area contributed by atoms with Crippen LogP contribution >= 0.6 is 11.8 Å². The van der Waals surface area contributed by atoms with E-state index < -0.39 is 0 Å². The van der Waals surface area contributed by atoms with Crippen molar-refractivity contribution in [2.45, 2.75) is 50.7 Å². The molecule has 3 heterocycles. The molecule has 0 saturated carbocycles. The Morgan fingerprint density at radius 2 is 1.86 bits per heavy atom. The van der Waals surface area contributed by atoms with Gasteiger partial charge in [-0.15, -0.1) is 10.2 Å². The molecular weight excluding hydrogens is 378 g/mol. The molecule has 0 N–H and O–H groups in total. The van der Waals surface area contributed by atoms with Gasteiger partial charge in [0.1, 0.15) is 0 Å². The summed E-state index contributed by atoms with van der Waals surface area (Å²) in [6, 6.07) is 11.2. The highest BCUT2D eigenvalue weighted by molar-refractivity contribution is 7.99. The second-order valence-electron chi connectivity index (χ2n) is 7.91. The zero-order chi connectivity index (χ0) is 20.2. The van der Waals surface area contributed by atoms with E-state index in [9.17, 15) is 0 Å². The summed E-state index contributed by atoms with van der Waals surface area (Å²) < 4.78 is 2.19. The maximum absolute atomic E-state index is 4.56. The summed E-state index contributed by atoms with van der Waals surface area (Å²) in [6.45, 7) is 5.52.